The minimum Gasteiger partial charge on any atom is -0.462 e. The Bertz CT molecular complexity index is 893. The van der Waals surface area contributed by atoms with Gasteiger partial charge < -0.3 is 15.4 Å². The first-order valence-corrected chi connectivity index (χ1v) is 8.89. The molecule has 0 aliphatic heterocycles. The van der Waals surface area contributed by atoms with Crippen LogP contribution in [0.25, 0.3) is 0 Å². The molecule has 0 unspecified atom stereocenters. The number of carbonyl (C=O) groups is 2. The summed E-state index contributed by atoms with van der Waals surface area (Å²) in [5.74, 6) is -0.0125. The number of nitrogens with zero attached hydrogens (tertiary/aromatic N) is 1. The van der Waals surface area contributed by atoms with Gasteiger partial charge in [-0.15, -0.1) is 11.3 Å². The molecule has 1 amide bonds. The number of hydrogen-bond donors (Lipinski definition) is 2. The topological polar surface area (TPSA) is 80.3 Å². The molecule has 2 heterocycles. The second kappa shape index (κ2) is 8.26. The third-order valence-corrected chi connectivity index (χ3v) is 4.32. The molecule has 7 heteroatoms. The van der Waals surface area contributed by atoms with Crippen LogP contribution in [0.2, 0.25) is 0 Å². The summed E-state index contributed by atoms with van der Waals surface area (Å²) in [5, 5.41) is 7.73. The van der Waals surface area contributed by atoms with E-state index in [-0.39, 0.29) is 5.91 Å². The molecule has 1 aromatic carbocycles. The lowest BCUT2D eigenvalue weighted by molar-refractivity contribution is 0.0527. The van der Waals surface area contributed by atoms with Crippen LogP contribution >= 0.6 is 11.3 Å². The van der Waals surface area contributed by atoms with Crippen LogP contribution in [0.1, 0.15) is 27.0 Å². The van der Waals surface area contributed by atoms with Crippen LogP contribution in [-0.4, -0.2) is 23.5 Å². The molecule has 0 aliphatic rings. The van der Waals surface area contributed by atoms with E-state index in [1.807, 2.05) is 17.5 Å². The standard InChI is InChI=1S/C19H17N3O3S/c1-2-25-19(24)14-6-3-4-7-15(14)22-17-10-9-13(12-20-17)21-18(23)16-8-5-11-26-16/h3-12H,2H2,1H3,(H,20,22)(H,21,23). The zero-order valence-electron chi connectivity index (χ0n) is 14.1. The molecule has 0 bridgehead atoms. The monoisotopic (exact) mass is 367 g/mol. The van der Waals surface area contributed by atoms with Crippen LogP contribution in [-0.2, 0) is 4.74 Å². The van der Waals surface area contributed by atoms with E-state index >= 15 is 0 Å². The molecule has 26 heavy (non-hydrogen) atoms. The Labute approximate surface area is 154 Å². The molecule has 0 aliphatic carbocycles. The third kappa shape index (κ3) is 4.25. The average Bonchev–Trinajstić information content (AvgIpc) is 3.19. The zero-order valence-corrected chi connectivity index (χ0v) is 14.9. The Hall–Kier alpha value is -3.19. The fraction of sp³-hybridized carbons (Fsp3) is 0.105. The predicted molar refractivity (Wildman–Crippen MR) is 102 cm³/mol. The van der Waals surface area contributed by atoms with Gasteiger partial charge in [-0.05, 0) is 42.6 Å². The number of aromatic nitrogens is 1. The van der Waals surface area contributed by atoms with Gasteiger partial charge in [-0.25, -0.2) is 9.78 Å². The fourth-order valence-corrected chi connectivity index (χ4v) is 2.88. The number of rotatable bonds is 6. The minimum atomic E-state index is -0.393. The maximum Gasteiger partial charge on any atom is 0.340 e. The molecule has 0 spiro atoms. The molecule has 132 valence electrons. The van der Waals surface area contributed by atoms with Gasteiger partial charge >= 0.3 is 5.97 Å². The van der Waals surface area contributed by atoms with E-state index in [1.165, 1.54) is 11.3 Å². The van der Waals surface area contributed by atoms with Gasteiger partial charge in [0.2, 0.25) is 0 Å². The quantitative estimate of drug-likeness (QED) is 0.635. The highest BCUT2D eigenvalue weighted by Crippen LogP contribution is 2.21. The van der Waals surface area contributed by atoms with Crippen molar-refractivity contribution < 1.29 is 14.3 Å². The summed E-state index contributed by atoms with van der Waals surface area (Å²) in [7, 11) is 0. The van der Waals surface area contributed by atoms with Gasteiger partial charge in [-0.1, -0.05) is 18.2 Å². The van der Waals surface area contributed by atoms with Gasteiger partial charge in [0.25, 0.3) is 5.91 Å². The summed E-state index contributed by atoms with van der Waals surface area (Å²) >= 11 is 1.37. The summed E-state index contributed by atoms with van der Waals surface area (Å²) in [6.45, 7) is 2.07. The van der Waals surface area contributed by atoms with Gasteiger partial charge in [0.1, 0.15) is 5.82 Å². The van der Waals surface area contributed by atoms with E-state index in [0.29, 0.717) is 34.2 Å². The number of thiophene rings is 1. The largest absolute Gasteiger partial charge is 0.462 e. The van der Waals surface area contributed by atoms with Crippen molar-refractivity contribution in [1.82, 2.24) is 4.98 Å². The van der Waals surface area contributed by atoms with Crippen LogP contribution in [0, 0.1) is 0 Å². The fourth-order valence-electron chi connectivity index (χ4n) is 2.26. The molecule has 0 radical (unpaired) electrons. The van der Waals surface area contributed by atoms with Crippen LogP contribution in [0.4, 0.5) is 17.2 Å². The molecule has 2 aromatic heterocycles. The third-order valence-electron chi connectivity index (χ3n) is 3.45. The summed E-state index contributed by atoms with van der Waals surface area (Å²) in [4.78, 5) is 29.0. The van der Waals surface area contributed by atoms with E-state index in [0.717, 1.165) is 0 Å². The van der Waals surface area contributed by atoms with Crippen molar-refractivity contribution in [3.63, 3.8) is 0 Å². The lowest BCUT2D eigenvalue weighted by Crippen LogP contribution is -2.10. The van der Waals surface area contributed by atoms with Gasteiger partial charge in [0.05, 0.1) is 34.6 Å². The molecule has 2 N–H and O–H groups in total. The first-order chi connectivity index (χ1) is 12.7. The Kier molecular flexibility index (Phi) is 5.60. The van der Waals surface area contributed by atoms with Crippen molar-refractivity contribution in [1.29, 1.82) is 0 Å². The molecule has 0 fully saturated rings. The van der Waals surface area contributed by atoms with Crippen molar-refractivity contribution in [3.05, 3.63) is 70.5 Å². The average molecular weight is 367 g/mol. The van der Waals surface area contributed by atoms with E-state index in [4.69, 9.17) is 4.74 Å². The molecule has 0 saturated carbocycles. The van der Waals surface area contributed by atoms with Crippen molar-refractivity contribution in [3.8, 4) is 0 Å². The second-order valence-electron chi connectivity index (χ2n) is 5.25. The number of anilines is 3. The Morgan fingerprint density at radius 3 is 2.65 bits per heavy atom. The first-order valence-electron chi connectivity index (χ1n) is 8.01. The maximum absolute atomic E-state index is 12.0. The number of pyridine rings is 1. The number of benzene rings is 1. The number of ether oxygens (including phenoxy) is 1. The van der Waals surface area contributed by atoms with E-state index in [1.54, 1.807) is 49.5 Å². The van der Waals surface area contributed by atoms with Crippen molar-refractivity contribution in [2.24, 2.45) is 0 Å². The number of nitrogens with one attached hydrogen (secondary N) is 2. The highest BCUT2D eigenvalue weighted by molar-refractivity contribution is 7.12. The number of amides is 1. The van der Waals surface area contributed by atoms with Crippen LogP contribution in [0.15, 0.2) is 60.1 Å². The van der Waals surface area contributed by atoms with Crippen molar-refractivity contribution in [2.75, 3.05) is 17.2 Å². The number of hydrogen-bond acceptors (Lipinski definition) is 6. The Balaban J connectivity index is 1.70. The minimum absolute atomic E-state index is 0.171. The lowest BCUT2D eigenvalue weighted by atomic mass is 10.2. The molecule has 3 aromatic rings. The molecule has 0 atom stereocenters. The van der Waals surface area contributed by atoms with Gasteiger partial charge in [0, 0.05) is 0 Å². The number of carbonyl (C=O) groups excluding carboxylic acids is 2. The summed E-state index contributed by atoms with van der Waals surface area (Å²) in [5.41, 5.74) is 1.63. The summed E-state index contributed by atoms with van der Waals surface area (Å²) in [6.07, 6.45) is 1.56. The van der Waals surface area contributed by atoms with Crippen LogP contribution in [0.3, 0.4) is 0 Å². The number of esters is 1. The first kappa shape index (κ1) is 17.6. The number of para-hydroxylation sites is 1. The molecule has 6 nitrogen and oxygen atoms in total. The van der Waals surface area contributed by atoms with Gasteiger partial charge in [-0.2, -0.15) is 0 Å². The Morgan fingerprint density at radius 1 is 1.12 bits per heavy atom. The second-order valence-corrected chi connectivity index (χ2v) is 6.20. The predicted octanol–water partition coefficient (Wildman–Crippen LogP) is 4.32. The van der Waals surface area contributed by atoms with E-state index in [2.05, 4.69) is 15.6 Å². The van der Waals surface area contributed by atoms with Crippen LogP contribution < -0.4 is 10.6 Å². The van der Waals surface area contributed by atoms with E-state index < -0.39 is 5.97 Å². The SMILES string of the molecule is CCOC(=O)c1ccccc1Nc1ccc(NC(=O)c2cccs2)cn1. The molecule has 3 rings (SSSR count). The highest BCUT2D eigenvalue weighted by atomic mass is 32.1. The molecule has 0 saturated heterocycles. The summed E-state index contributed by atoms with van der Waals surface area (Å²) < 4.78 is 5.06. The normalized spacial score (nSPS) is 10.2. The molecular formula is C19H17N3O3S. The molecular weight excluding hydrogens is 350 g/mol. The van der Waals surface area contributed by atoms with Crippen LogP contribution in [0.5, 0.6) is 0 Å². The zero-order chi connectivity index (χ0) is 18.4. The lowest BCUT2D eigenvalue weighted by Gasteiger charge is -2.11. The highest BCUT2D eigenvalue weighted by Gasteiger charge is 2.12. The van der Waals surface area contributed by atoms with Crippen molar-refractivity contribution in [2.45, 2.75) is 6.92 Å². The maximum atomic E-state index is 12.0. The summed E-state index contributed by atoms with van der Waals surface area (Å²) in [6, 6.07) is 14.1. The van der Waals surface area contributed by atoms with Gasteiger partial charge in [-0.3, -0.25) is 4.79 Å². The smallest absolute Gasteiger partial charge is 0.340 e. The van der Waals surface area contributed by atoms with Crippen molar-refractivity contribution >= 4 is 40.4 Å². The Morgan fingerprint density at radius 2 is 1.96 bits per heavy atom. The van der Waals surface area contributed by atoms with Gasteiger partial charge in [0.15, 0.2) is 0 Å². The van der Waals surface area contributed by atoms with E-state index in [9.17, 15) is 9.59 Å².